The lowest BCUT2D eigenvalue weighted by Gasteiger charge is -1.98. The third-order valence-corrected chi connectivity index (χ3v) is 3.14. The number of hydrogen-bond acceptors (Lipinski definition) is 4. The Labute approximate surface area is 121 Å². The van der Waals surface area contributed by atoms with Crippen molar-refractivity contribution in [2.45, 2.75) is 0 Å². The Hall–Kier alpha value is -2.82. The van der Waals surface area contributed by atoms with Gasteiger partial charge in [-0.1, -0.05) is 12.1 Å². The maximum Gasteiger partial charge on any atom is 0.189 e. The Balaban J connectivity index is 1.88. The number of nitrogens with zero attached hydrogens (tertiary/aromatic N) is 2. The molecule has 0 spiro atoms. The number of ketones is 1. The number of ether oxygens (including phenoxy) is 1. The van der Waals surface area contributed by atoms with Crippen LogP contribution in [0.5, 0.6) is 5.75 Å². The van der Waals surface area contributed by atoms with Gasteiger partial charge in [-0.2, -0.15) is 5.10 Å². The van der Waals surface area contributed by atoms with Crippen molar-refractivity contribution in [2.24, 2.45) is 7.05 Å². The highest BCUT2D eigenvalue weighted by atomic mass is 16.5. The molecule has 5 heteroatoms. The maximum absolute atomic E-state index is 12.0. The van der Waals surface area contributed by atoms with Gasteiger partial charge in [0.25, 0.3) is 0 Å². The summed E-state index contributed by atoms with van der Waals surface area (Å²) < 4.78 is 12.5. The van der Waals surface area contributed by atoms with Crippen molar-refractivity contribution >= 4 is 22.8 Å². The first-order valence-corrected chi connectivity index (χ1v) is 6.45. The van der Waals surface area contributed by atoms with E-state index in [2.05, 4.69) is 5.10 Å². The van der Waals surface area contributed by atoms with E-state index in [0.717, 1.165) is 5.39 Å². The summed E-state index contributed by atoms with van der Waals surface area (Å²) in [5, 5.41) is 4.91. The SMILES string of the molecule is COc1cccc2cc(C=CC(=O)c3cnn(C)c3)oc12. The molecule has 3 rings (SSSR count). The summed E-state index contributed by atoms with van der Waals surface area (Å²) in [4.78, 5) is 12.0. The minimum Gasteiger partial charge on any atom is -0.493 e. The zero-order valence-corrected chi connectivity index (χ0v) is 11.7. The number of carbonyl (C=O) groups is 1. The van der Waals surface area contributed by atoms with E-state index in [0.29, 0.717) is 22.7 Å². The van der Waals surface area contributed by atoms with Crippen LogP contribution in [0.2, 0.25) is 0 Å². The molecule has 3 aromatic rings. The van der Waals surface area contributed by atoms with Crippen LogP contribution in [0.4, 0.5) is 0 Å². The number of benzene rings is 1. The fourth-order valence-electron chi connectivity index (χ4n) is 2.10. The fraction of sp³-hybridized carbons (Fsp3) is 0.125. The van der Waals surface area contributed by atoms with Crippen molar-refractivity contribution in [1.29, 1.82) is 0 Å². The normalized spacial score (nSPS) is 11.3. The Kier molecular flexibility index (Phi) is 3.31. The average Bonchev–Trinajstić information content (AvgIpc) is 3.10. The van der Waals surface area contributed by atoms with E-state index in [-0.39, 0.29) is 5.78 Å². The number of allylic oxidation sites excluding steroid dienone is 1. The largest absolute Gasteiger partial charge is 0.493 e. The molecule has 0 atom stereocenters. The lowest BCUT2D eigenvalue weighted by Crippen LogP contribution is -1.91. The van der Waals surface area contributed by atoms with Gasteiger partial charge in [0.1, 0.15) is 5.76 Å². The van der Waals surface area contributed by atoms with Gasteiger partial charge in [-0.15, -0.1) is 0 Å². The zero-order valence-electron chi connectivity index (χ0n) is 11.7. The van der Waals surface area contributed by atoms with Crippen molar-refractivity contribution in [3.63, 3.8) is 0 Å². The molecule has 5 nitrogen and oxygen atoms in total. The van der Waals surface area contributed by atoms with Crippen LogP contribution < -0.4 is 4.74 Å². The number of aromatic nitrogens is 2. The summed E-state index contributed by atoms with van der Waals surface area (Å²) in [5.41, 5.74) is 1.22. The predicted octanol–water partition coefficient (Wildman–Crippen LogP) is 3.07. The Bertz CT molecular complexity index is 827. The molecular formula is C16H14N2O3. The number of para-hydroxylation sites is 1. The van der Waals surface area contributed by atoms with Crippen molar-refractivity contribution < 1.29 is 13.9 Å². The van der Waals surface area contributed by atoms with E-state index in [1.165, 1.54) is 12.3 Å². The van der Waals surface area contributed by atoms with Gasteiger partial charge in [-0.25, -0.2) is 0 Å². The van der Waals surface area contributed by atoms with Gasteiger partial charge in [0.2, 0.25) is 0 Å². The van der Waals surface area contributed by atoms with Crippen molar-refractivity contribution in [3.8, 4) is 5.75 Å². The quantitative estimate of drug-likeness (QED) is 0.545. The third-order valence-electron chi connectivity index (χ3n) is 3.14. The zero-order chi connectivity index (χ0) is 14.8. The number of carbonyl (C=O) groups excluding carboxylic acids is 1. The number of methoxy groups -OCH3 is 1. The van der Waals surface area contributed by atoms with E-state index in [1.54, 1.807) is 31.1 Å². The molecule has 0 radical (unpaired) electrons. The van der Waals surface area contributed by atoms with Gasteiger partial charge in [0.15, 0.2) is 17.1 Å². The Morgan fingerprint density at radius 2 is 2.29 bits per heavy atom. The van der Waals surface area contributed by atoms with Gasteiger partial charge in [0, 0.05) is 18.6 Å². The molecule has 0 amide bonds. The molecule has 0 N–H and O–H groups in total. The molecule has 0 unspecified atom stereocenters. The minimum atomic E-state index is -0.115. The highest BCUT2D eigenvalue weighted by molar-refractivity contribution is 6.06. The second kappa shape index (κ2) is 5.28. The minimum absolute atomic E-state index is 0.115. The highest BCUT2D eigenvalue weighted by Gasteiger charge is 2.08. The topological polar surface area (TPSA) is 57.3 Å². The lowest BCUT2D eigenvalue weighted by molar-refractivity contribution is 0.104. The second-order valence-corrected chi connectivity index (χ2v) is 4.63. The summed E-state index contributed by atoms with van der Waals surface area (Å²) in [6, 6.07) is 7.53. The molecular weight excluding hydrogens is 268 g/mol. The smallest absolute Gasteiger partial charge is 0.189 e. The summed E-state index contributed by atoms with van der Waals surface area (Å²) in [7, 11) is 3.37. The first kappa shape index (κ1) is 13.2. The highest BCUT2D eigenvalue weighted by Crippen LogP contribution is 2.28. The summed E-state index contributed by atoms with van der Waals surface area (Å²) >= 11 is 0. The van der Waals surface area contributed by atoms with E-state index < -0.39 is 0 Å². The molecule has 106 valence electrons. The molecule has 0 aliphatic rings. The van der Waals surface area contributed by atoms with Crippen LogP contribution in [0.1, 0.15) is 16.1 Å². The predicted molar refractivity (Wildman–Crippen MR) is 79.3 cm³/mol. The molecule has 0 saturated heterocycles. The molecule has 0 fully saturated rings. The first-order chi connectivity index (χ1) is 10.2. The van der Waals surface area contributed by atoms with Gasteiger partial charge in [-0.05, 0) is 24.3 Å². The molecule has 1 aromatic carbocycles. The third kappa shape index (κ3) is 2.58. The van der Waals surface area contributed by atoms with E-state index in [1.807, 2.05) is 24.3 Å². The van der Waals surface area contributed by atoms with Crippen molar-refractivity contribution in [1.82, 2.24) is 9.78 Å². The summed E-state index contributed by atoms with van der Waals surface area (Å²) in [6.45, 7) is 0. The van der Waals surface area contributed by atoms with Crippen LogP contribution in [-0.2, 0) is 7.05 Å². The molecule has 0 bridgehead atoms. The monoisotopic (exact) mass is 282 g/mol. The van der Waals surface area contributed by atoms with Crippen molar-refractivity contribution in [2.75, 3.05) is 7.11 Å². The van der Waals surface area contributed by atoms with Crippen LogP contribution in [0.3, 0.4) is 0 Å². The summed E-state index contributed by atoms with van der Waals surface area (Å²) in [5.74, 6) is 1.16. The Morgan fingerprint density at radius 3 is 3.00 bits per heavy atom. The van der Waals surface area contributed by atoms with Crippen molar-refractivity contribution in [3.05, 3.63) is 54.1 Å². The molecule has 0 saturated carbocycles. The van der Waals surface area contributed by atoms with Gasteiger partial charge in [-0.3, -0.25) is 9.48 Å². The van der Waals surface area contributed by atoms with E-state index in [9.17, 15) is 4.79 Å². The fourth-order valence-corrected chi connectivity index (χ4v) is 2.10. The molecule has 21 heavy (non-hydrogen) atoms. The second-order valence-electron chi connectivity index (χ2n) is 4.63. The molecule has 0 aliphatic heterocycles. The van der Waals surface area contributed by atoms with E-state index >= 15 is 0 Å². The number of rotatable bonds is 4. The van der Waals surface area contributed by atoms with Gasteiger partial charge in [0.05, 0.1) is 18.9 Å². The maximum atomic E-state index is 12.0. The van der Waals surface area contributed by atoms with Gasteiger partial charge < -0.3 is 9.15 Å². The number of aryl methyl sites for hydroxylation is 1. The van der Waals surface area contributed by atoms with Crippen LogP contribution in [0.15, 0.2) is 47.2 Å². The van der Waals surface area contributed by atoms with Crippen LogP contribution in [0.25, 0.3) is 17.0 Å². The standard InChI is InChI=1S/C16H14N2O3/c1-18-10-12(9-17-18)14(19)7-6-13-8-11-4-3-5-15(20-2)16(11)21-13/h3-10H,1-2H3. The molecule has 0 aliphatic carbocycles. The number of furan rings is 1. The first-order valence-electron chi connectivity index (χ1n) is 6.45. The lowest BCUT2D eigenvalue weighted by atomic mass is 10.2. The van der Waals surface area contributed by atoms with Crippen LogP contribution >= 0.6 is 0 Å². The van der Waals surface area contributed by atoms with E-state index in [4.69, 9.17) is 9.15 Å². The van der Waals surface area contributed by atoms with Crippen LogP contribution in [0, 0.1) is 0 Å². The van der Waals surface area contributed by atoms with Gasteiger partial charge >= 0.3 is 0 Å². The van der Waals surface area contributed by atoms with Crippen LogP contribution in [-0.4, -0.2) is 22.7 Å². The molecule has 2 aromatic heterocycles. The summed E-state index contributed by atoms with van der Waals surface area (Å²) in [6.07, 6.45) is 6.33. The Morgan fingerprint density at radius 1 is 1.43 bits per heavy atom. The molecule has 2 heterocycles. The average molecular weight is 282 g/mol. The number of fused-ring (bicyclic) bond motifs is 1. The number of hydrogen-bond donors (Lipinski definition) is 0.